The molecule has 1 amide bonds. The first-order valence-corrected chi connectivity index (χ1v) is 7.44. The molecule has 1 aromatic rings. The first-order valence-electron chi connectivity index (χ1n) is 7.44. The van der Waals surface area contributed by atoms with Gasteiger partial charge in [0.2, 0.25) is 0 Å². The average Bonchev–Trinajstić information content (AvgIpc) is 2.92. The Bertz CT molecular complexity index is 475. The molecule has 0 aliphatic carbocycles. The summed E-state index contributed by atoms with van der Waals surface area (Å²) in [5.74, 6) is 0.214. The number of rotatable bonds is 6. The lowest BCUT2D eigenvalue weighted by Gasteiger charge is -2.24. The number of aliphatic hydroxyl groups excluding tert-OH is 1. The molecule has 0 saturated carbocycles. The number of anilines is 1. The third-order valence-corrected chi connectivity index (χ3v) is 4.12. The van der Waals surface area contributed by atoms with Gasteiger partial charge in [-0.15, -0.1) is 0 Å². The van der Waals surface area contributed by atoms with E-state index in [2.05, 4.69) is 19.2 Å². The van der Waals surface area contributed by atoms with Gasteiger partial charge in [-0.25, -0.2) is 4.79 Å². The van der Waals surface area contributed by atoms with E-state index in [0.29, 0.717) is 13.2 Å². The van der Waals surface area contributed by atoms with E-state index in [-0.39, 0.29) is 30.7 Å². The zero-order chi connectivity index (χ0) is 15.4. The van der Waals surface area contributed by atoms with Gasteiger partial charge in [0.1, 0.15) is 6.61 Å². The van der Waals surface area contributed by atoms with E-state index in [0.717, 1.165) is 11.3 Å². The second-order valence-corrected chi connectivity index (χ2v) is 5.69. The molecule has 1 aliphatic heterocycles. The van der Waals surface area contributed by atoms with Crippen molar-refractivity contribution < 1.29 is 14.6 Å². The fraction of sp³-hybridized carbons (Fsp3) is 0.562. The van der Waals surface area contributed by atoms with Crippen molar-refractivity contribution in [1.82, 2.24) is 5.32 Å². The molecule has 116 valence electrons. The van der Waals surface area contributed by atoms with Gasteiger partial charge in [-0.05, 0) is 37.5 Å². The van der Waals surface area contributed by atoms with E-state index < -0.39 is 0 Å². The Balaban J connectivity index is 1.99. The van der Waals surface area contributed by atoms with Gasteiger partial charge in [0.25, 0.3) is 0 Å². The standard InChI is InChI=1S/C16H24N2O3/c1-11(10-19)12(2)17-13(3)14-4-6-15(7-5-14)18-8-9-21-16(18)20/h4-7,11-13,17,19H,8-10H2,1-3H3. The summed E-state index contributed by atoms with van der Waals surface area (Å²) in [7, 11) is 0. The lowest BCUT2D eigenvalue weighted by atomic mass is 10.0. The van der Waals surface area contributed by atoms with Crippen LogP contribution in [0.5, 0.6) is 0 Å². The van der Waals surface area contributed by atoms with Gasteiger partial charge >= 0.3 is 6.09 Å². The zero-order valence-corrected chi connectivity index (χ0v) is 12.9. The van der Waals surface area contributed by atoms with Crippen molar-refractivity contribution in [1.29, 1.82) is 0 Å². The fourth-order valence-corrected chi connectivity index (χ4v) is 2.38. The van der Waals surface area contributed by atoms with Gasteiger partial charge in [-0.1, -0.05) is 19.1 Å². The number of aliphatic hydroxyl groups is 1. The number of amides is 1. The monoisotopic (exact) mass is 292 g/mol. The summed E-state index contributed by atoms with van der Waals surface area (Å²) in [4.78, 5) is 13.2. The quantitative estimate of drug-likeness (QED) is 0.844. The van der Waals surface area contributed by atoms with E-state index in [4.69, 9.17) is 4.74 Å². The second kappa shape index (κ2) is 6.91. The molecule has 2 rings (SSSR count). The number of cyclic esters (lactones) is 1. The number of carbonyl (C=O) groups is 1. The summed E-state index contributed by atoms with van der Waals surface area (Å²) in [6, 6.07) is 8.36. The number of ether oxygens (including phenoxy) is 1. The number of benzene rings is 1. The van der Waals surface area contributed by atoms with Gasteiger partial charge in [-0.2, -0.15) is 0 Å². The molecule has 3 atom stereocenters. The van der Waals surface area contributed by atoms with Crippen LogP contribution in [0, 0.1) is 5.92 Å². The van der Waals surface area contributed by atoms with Crippen LogP contribution in [0.4, 0.5) is 10.5 Å². The van der Waals surface area contributed by atoms with Gasteiger partial charge in [-0.3, -0.25) is 4.90 Å². The number of nitrogens with one attached hydrogen (secondary N) is 1. The van der Waals surface area contributed by atoms with Crippen molar-refractivity contribution in [2.24, 2.45) is 5.92 Å². The van der Waals surface area contributed by atoms with Crippen LogP contribution in [0.25, 0.3) is 0 Å². The van der Waals surface area contributed by atoms with Crippen LogP contribution in [-0.4, -0.2) is 37.0 Å². The SMILES string of the molecule is CC(NC(C)C(C)CO)c1ccc(N2CCOC2=O)cc1. The molecule has 5 heteroatoms. The highest BCUT2D eigenvalue weighted by Crippen LogP contribution is 2.22. The van der Waals surface area contributed by atoms with Gasteiger partial charge in [0, 0.05) is 24.4 Å². The molecule has 1 aromatic carbocycles. The van der Waals surface area contributed by atoms with E-state index in [1.165, 1.54) is 0 Å². The van der Waals surface area contributed by atoms with Crippen LogP contribution >= 0.6 is 0 Å². The Hall–Kier alpha value is -1.59. The molecule has 5 nitrogen and oxygen atoms in total. The van der Waals surface area contributed by atoms with Crippen molar-refractivity contribution in [3.63, 3.8) is 0 Å². The number of hydrogen-bond donors (Lipinski definition) is 2. The summed E-state index contributed by atoms with van der Waals surface area (Å²) in [6.07, 6.45) is -0.278. The van der Waals surface area contributed by atoms with Crippen LogP contribution in [0.2, 0.25) is 0 Å². The second-order valence-electron chi connectivity index (χ2n) is 5.69. The maximum Gasteiger partial charge on any atom is 0.414 e. The van der Waals surface area contributed by atoms with Crippen LogP contribution in [0.3, 0.4) is 0 Å². The third-order valence-electron chi connectivity index (χ3n) is 4.12. The largest absolute Gasteiger partial charge is 0.447 e. The molecule has 1 fully saturated rings. The Labute approximate surface area is 125 Å². The summed E-state index contributed by atoms with van der Waals surface area (Å²) in [6.45, 7) is 7.43. The van der Waals surface area contributed by atoms with E-state index in [9.17, 15) is 9.90 Å². The van der Waals surface area contributed by atoms with Crippen molar-refractivity contribution in [3.05, 3.63) is 29.8 Å². The van der Waals surface area contributed by atoms with Crippen LogP contribution < -0.4 is 10.2 Å². The van der Waals surface area contributed by atoms with Crippen LogP contribution in [-0.2, 0) is 4.74 Å². The van der Waals surface area contributed by atoms with Gasteiger partial charge in [0.05, 0.1) is 6.54 Å². The highest BCUT2D eigenvalue weighted by Gasteiger charge is 2.23. The van der Waals surface area contributed by atoms with E-state index >= 15 is 0 Å². The van der Waals surface area contributed by atoms with Crippen LogP contribution in [0.1, 0.15) is 32.4 Å². The molecule has 1 heterocycles. The molecule has 1 saturated heterocycles. The number of hydrogen-bond acceptors (Lipinski definition) is 4. The summed E-state index contributed by atoms with van der Waals surface area (Å²) in [5, 5.41) is 12.7. The first-order chi connectivity index (χ1) is 10.0. The van der Waals surface area contributed by atoms with Crippen molar-refractivity contribution in [3.8, 4) is 0 Å². The topological polar surface area (TPSA) is 61.8 Å². The minimum atomic E-state index is -0.278. The number of nitrogens with zero attached hydrogens (tertiary/aromatic N) is 1. The molecule has 0 bridgehead atoms. The molecule has 2 N–H and O–H groups in total. The Morgan fingerprint density at radius 3 is 2.48 bits per heavy atom. The highest BCUT2D eigenvalue weighted by atomic mass is 16.6. The molecule has 0 spiro atoms. The summed E-state index contributed by atoms with van der Waals surface area (Å²) >= 11 is 0. The molecule has 0 radical (unpaired) electrons. The summed E-state index contributed by atoms with van der Waals surface area (Å²) in [5.41, 5.74) is 2.02. The minimum absolute atomic E-state index is 0.177. The fourth-order valence-electron chi connectivity index (χ4n) is 2.38. The molecule has 21 heavy (non-hydrogen) atoms. The maximum absolute atomic E-state index is 11.5. The summed E-state index contributed by atoms with van der Waals surface area (Å²) < 4.78 is 4.94. The van der Waals surface area contributed by atoms with Crippen molar-refractivity contribution in [2.45, 2.75) is 32.9 Å². The van der Waals surface area contributed by atoms with E-state index in [1.54, 1.807) is 4.90 Å². The van der Waals surface area contributed by atoms with Gasteiger partial charge < -0.3 is 15.2 Å². The lowest BCUT2D eigenvalue weighted by Crippen LogP contribution is -2.35. The molecule has 0 aromatic heterocycles. The predicted molar refractivity (Wildman–Crippen MR) is 82.4 cm³/mol. The zero-order valence-electron chi connectivity index (χ0n) is 12.9. The number of carbonyl (C=O) groups excluding carboxylic acids is 1. The van der Waals surface area contributed by atoms with Crippen molar-refractivity contribution >= 4 is 11.8 Å². The molecular weight excluding hydrogens is 268 g/mol. The maximum atomic E-state index is 11.5. The first kappa shape index (κ1) is 15.8. The average molecular weight is 292 g/mol. The smallest absolute Gasteiger partial charge is 0.414 e. The molecule has 1 aliphatic rings. The van der Waals surface area contributed by atoms with Crippen molar-refractivity contribution in [2.75, 3.05) is 24.7 Å². The predicted octanol–water partition coefficient (Wildman–Crippen LogP) is 2.31. The van der Waals surface area contributed by atoms with Crippen LogP contribution in [0.15, 0.2) is 24.3 Å². The Morgan fingerprint density at radius 1 is 1.29 bits per heavy atom. The van der Waals surface area contributed by atoms with E-state index in [1.807, 2.05) is 31.2 Å². The van der Waals surface area contributed by atoms with Gasteiger partial charge in [0.15, 0.2) is 0 Å². The molecule has 3 unspecified atom stereocenters. The highest BCUT2D eigenvalue weighted by molar-refractivity contribution is 5.89. The Morgan fingerprint density at radius 2 is 1.95 bits per heavy atom. The molecular formula is C16H24N2O3. The Kier molecular flexibility index (Phi) is 5.20. The normalized spacial score (nSPS) is 19.2. The minimum Gasteiger partial charge on any atom is -0.447 e. The third kappa shape index (κ3) is 3.74. The lowest BCUT2D eigenvalue weighted by molar-refractivity contribution is 0.181.